The fraction of sp³-hybridized carbons (Fsp3) is 0.350. The highest BCUT2D eigenvalue weighted by Gasteiger charge is 2.21. The lowest BCUT2D eigenvalue weighted by molar-refractivity contribution is 0.202. The Morgan fingerprint density at radius 1 is 1.04 bits per heavy atom. The third kappa shape index (κ3) is 4.25. The van der Waals surface area contributed by atoms with Crippen LogP contribution in [-0.4, -0.2) is 48.2 Å². The Morgan fingerprint density at radius 2 is 1.89 bits per heavy atom. The molecule has 0 bridgehead atoms. The normalized spacial score (nSPS) is 15.9. The molecule has 2 N–H and O–H groups in total. The first-order chi connectivity index (χ1) is 13.2. The summed E-state index contributed by atoms with van der Waals surface area (Å²) in [7, 11) is 0. The van der Waals surface area contributed by atoms with Gasteiger partial charge in [0.2, 0.25) is 0 Å². The first-order valence-corrected chi connectivity index (χ1v) is 9.20. The van der Waals surface area contributed by atoms with Gasteiger partial charge in [-0.3, -0.25) is 9.88 Å². The Bertz CT molecular complexity index is 903. The van der Waals surface area contributed by atoms with Crippen molar-refractivity contribution in [1.82, 2.24) is 24.9 Å². The molecule has 0 aliphatic carbocycles. The maximum absolute atomic E-state index is 9.83. The summed E-state index contributed by atoms with van der Waals surface area (Å²) in [4.78, 5) is 6.56. The van der Waals surface area contributed by atoms with E-state index in [2.05, 4.69) is 26.3 Å². The van der Waals surface area contributed by atoms with Crippen molar-refractivity contribution in [2.45, 2.75) is 31.8 Å². The molecule has 1 aliphatic rings. The van der Waals surface area contributed by atoms with E-state index in [1.54, 1.807) is 29.1 Å². The number of aromatic hydroxyl groups is 2. The summed E-state index contributed by atoms with van der Waals surface area (Å²) >= 11 is 0. The van der Waals surface area contributed by atoms with Crippen molar-refractivity contribution in [2.75, 3.05) is 13.1 Å². The molecule has 140 valence electrons. The molecular formula is C20H23N5O2. The van der Waals surface area contributed by atoms with Crippen LogP contribution in [0.2, 0.25) is 0 Å². The zero-order chi connectivity index (χ0) is 18.6. The number of aromatic nitrogens is 4. The number of hydrogen-bond donors (Lipinski definition) is 2. The average molecular weight is 365 g/mol. The zero-order valence-electron chi connectivity index (χ0n) is 15.1. The van der Waals surface area contributed by atoms with Crippen LogP contribution in [0.5, 0.6) is 11.5 Å². The summed E-state index contributed by atoms with van der Waals surface area (Å²) in [5.41, 5.74) is 2.72. The monoisotopic (exact) mass is 365 g/mol. The van der Waals surface area contributed by atoms with Crippen molar-refractivity contribution in [3.8, 4) is 11.5 Å². The van der Waals surface area contributed by atoms with Crippen molar-refractivity contribution in [1.29, 1.82) is 0 Å². The van der Waals surface area contributed by atoms with E-state index in [1.807, 2.05) is 18.3 Å². The largest absolute Gasteiger partial charge is 0.508 e. The number of hydrogen-bond acceptors (Lipinski definition) is 6. The third-order valence-corrected chi connectivity index (χ3v) is 5.08. The van der Waals surface area contributed by atoms with Gasteiger partial charge in [-0.2, -0.15) is 0 Å². The van der Waals surface area contributed by atoms with E-state index < -0.39 is 0 Å². The predicted molar refractivity (Wildman–Crippen MR) is 100 cm³/mol. The highest BCUT2D eigenvalue weighted by molar-refractivity contribution is 5.30. The SMILES string of the molecule is Oc1cccc(C2CCN(Cc3cn(Cc4ncccc4O)nn3)CC2)c1. The Balaban J connectivity index is 1.32. The molecule has 1 fully saturated rings. The van der Waals surface area contributed by atoms with Crippen molar-refractivity contribution in [3.63, 3.8) is 0 Å². The van der Waals surface area contributed by atoms with Gasteiger partial charge in [0.25, 0.3) is 0 Å². The number of likely N-dealkylation sites (tertiary alicyclic amines) is 1. The molecule has 1 aliphatic heterocycles. The molecule has 0 amide bonds. The summed E-state index contributed by atoms with van der Waals surface area (Å²) in [5.74, 6) is 1.00. The van der Waals surface area contributed by atoms with Crippen molar-refractivity contribution in [3.05, 3.63) is 65.7 Å². The van der Waals surface area contributed by atoms with Crippen molar-refractivity contribution >= 4 is 0 Å². The molecule has 1 aromatic carbocycles. The minimum atomic E-state index is 0.170. The fourth-order valence-corrected chi connectivity index (χ4v) is 3.63. The lowest BCUT2D eigenvalue weighted by Gasteiger charge is -2.31. The Labute approximate surface area is 157 Å². The van der Waals surface area contributed by atoms with Crippen LogP contribution in [0.15, 0.2) is 48.8 Å². The number of rotatable bonds is 5. The highest BCUT2D eigenvalue weighted by Crippen LogP contribution is 2.30. The first-order valence-electron chi connectivity index (χ1n) is 9.20. The third-order valence-electron chi connectivity index (χ3n) is 5.08. The van der Waals surface area contributed by atoms with Gasteiger partial charge in [0.15, 0.2) is 0 Å². The van der Waals surface area contributed by atoms with Crippen molar-refractivity contribution in [2.24, 2.45) is 0 Å². The van der Waals surface area contributed by atoms with Crippen LogP contribution in [0.4, 0.5) is 0 Å². The second kappa shape index (κ2) is 7.75. The van der Waals surface area contributed by atoms with E-state index in [-0.39, 0.29) is 5.75 Å². The fourth-order valence-electron chi connectivity index (χ4n) is 3.63. The molecule has 3 aromatic rings. The number of pyridine rings is 1. The zero-order valence-corrected chi connectivity index (χ0v) is 15.1. The summed E-state index contributed by atoms with van der Waals surface area (Å²) in [5, 5.41) is 27.9. The molecule has 7 nitrogen and oxygen atoms in total. The molecule has 0 saturated carbocycles. The summed E-state index contributed by atoms with van der Waals surface area (Å²) in [6.45, 7) is 3.16. The minimum absolute atomic E-state index is 0.170. The van der Waals surface area contributed by atoms with E-state index in [0.717, 1.165) is 38.2 Å². The molecule has 7 heteroatoms. The summed E-state index contributed by atoms with van der Waals surface area (Å²) in [6, 6.07) is 10.9. The molecular weight excluding hydrogens is 342 g/mol. The van der Waals surface area contributed by atoms with Gasteiger partial charge < -0.3 is 10.2 Å². The van der Waals surface area contributed by atoms with Crippen molar-refractivity contribution < 1.29 is 10.2 Å². The van der Waals surface area contributed by atoms with Gasteiger partial charge in [0.1, 0.15) is 17.2 Å². The Hall–Kier alpha value is -2.93. The maximum atomic E-state index is 9.83. The average Bonchev–Trinajstić information content (AvgIpc) is 3.11. The quantitative estimate of drug-likeness (QED) is 0.722. The molecule has 27 heavy (non-hydrogen) atoms. The van der Waals surface area contributed by atoms with Crippen LogP contribution in [0.25, 0.3) is 0 Å². The summed E-state index contributed by atoms with van der Waals surface area (Å²) < 4.78 is 1.71. The minimum Gasteiger partial charge on any atom is -0.508 e. The molecule has 2 aromatic heterocycles. The summed E-state index contributed by atoms with van der Waals surface area (Å²) in [6.07, 6.45) is 5.71. The van der Waals surface area contributed by atoms with Gasteiger partial charge in [0.05, 0.1) is 18.4 Å². The van der Waals surface area contributed by atoms with Gasteiger partial charge >= 0.3 is 0 Å². The predicted octanol–water partition coefficient (Wildman–Crippen LogP) is 2.51. The Kier molecular flexibility index (Phi) is 5.02. The van der Waals surface area contributed by atoms with E-state index in [4.69, 9.17) is 0 Å². The molecule has 0 radical (unpaired) electrons. The van der Waals surface area contributed by atoms with Crippen LogP contribution in [-0.2, 0) is 13.1 Å². The first kappa shape index (κ1) is 17.5. The molecule has 0 unspecified atom stereocenters. The molecule has 4 rings (SSSR count). The molecule has 0 atom stereocenters. The van der Waals surface area contributed by atoms with E-state index >= 15 is 0 Å². The Morgan fingerprint density at radius 3 is 2.67 bits per heavy atom. The number of benzene rings is 1. The molecule has 3 heterocycles. The van der Waals surface area contributed by atoms with E-state index in [0.29, 0.717) is 23.9 Å². The van der Waals surface area contributed by atoms with Gasteiger partial charge in [-0.15, -0.1) is 5.10 Å². The smallest absolute Gasteiger partial charge is 0.139 e. The maximum Gasteiger partial charge on any atom is 0.139 e. The topological polar surface area (TPSA) is 87.3 Å². The van der Waals surface area contributed by atoms with Crippen LogP contribution in [0.3, 0.4) is 0 Å². The van der Waals surface area contributed by atoms with Gasteiger partial charge in [-0.25, -0.2) is 4.68 Å². The van der Waals surface area contributed by atoms with Gasteiger partial charge in [-0.1, -0.05) is 17.3 Å². The number of phenolic OH excluding ortho intramolecular Hbond substituents is 1. The van der Waals surface area contributed by atoms with Crippen LogP contribution >= 0.6 is 0 Å². The van der Waals surface area contributed by atoms with Crippen LogP contribution in [0, 0.1) is 0 Å². The number of nitrogens with zero attached hydrogens (tertiary/aromatic N) is 5. The number of phenols is 1. The second-order valence-corrected chi connectivity index (χ2v) is 7.02. The lowest BCUT2D eigenvalue weighted by atomic mass is 9.89. The standard InChI is InChI=1S/C20H23N5O2/c26-18-4-1-3-16(11-18)15-6-9-24(10-7-15)12-17-13-25(23-22-17)14-19-20(27)5-2-8-21-19/h1-5,8,11,13,15,26-27H,6-7,9-10,12,14H2. The van der Waals surface area contributed by atoms with Crippen LogP contribution < -0.4 is 0 Å². The van der Waals surface area contributed by atoms with Crippen LogP contribution in [0.1, 0.15) is 35.7 Å². The highest BCUT2D eigenvalue weighted by atomic mass is 16.3. The molecule has 1 saturated heterocycles. The molecule has 0 spiro atoms. The van der Waals surface area contributed by atoms with Gasteiger partial charge in [-0.05, 0) is 61.7 Å². The lowest BCUT2D eigenvalue weighted by Crippen LogP contribution is -2.32. The van der Waals surface area contributed by atoms with E-state index in [1.165, 1.54) is 5.56 Å². The second-order valence-electron chi connectivity index (χ2n) is 7.02. The van der Waals surface area contributed by atoms with Gasteiger partial charge in [0, 0.05) is 12.7 Å². The number of piperidine rings is 1. The van der Waals surface area contributed by atoms with E-state index in [9.17, 15) is 10.2 Å².